The van der Waals surface area contributed by atoms with E-state index in [0.717, 1.165) is 29.5 Å². The fourth-order valence-electron chi connectivity index (χ4n) is 1.84. The highest BCUT2D eigenvalue weighted by Crippen LogP contribution is 2.21. The van der Waals surface area contributed by atoms with Crippen LogP contribution in [-0.4, -0.2) is 46.0 Å². The molecule has 1 atom stereocenters. The van der Waals surface area contributed by atoms with Gasteiger partial charge in [0.2, 0.25) is 11.1 Å². The standard InChI is InChI=1S/C16H21N5O3S/c1-4-10(2)17-15(23)18-13(22)9-25-16-19-14(20-21-16)11-5-7-12(24-3)8-6-11/h5-8,10H,4,9H2,1-3H3,(H,19,20,21)(H2,17,18,22,23)/t10-/m0/s1. The lowest BCUT2D eigenvalue weighted by Crippen LogP contribution is -2.43. The van der Waals surface area contributed by atoms with Crippen LogP contribution in [0, 0.1) is 0 Å². The number of aromatic amines is 1. The molecule has 3 amide bonds. The molecule has 0 unspecified atom stereocenters. The highest BCUT2D eigenvalue weighted by Gasteiger charge is 2.12. The first kappa shape index (κ1) is 18.8. The third-order valence-corrected chi connectivity index (χ3v) is 4.25. The van der Waals surface area contributed by atoms with Crippen molar-refractivity contribution < 1.29 is 14.3 Å². The summed E-state index contributed by atoms with van der Waals surface area (Å²) < 4.78 is 5.11. The molecular formula is C16H21N5O3S. The number of thioether (sulfide) groups is 1. The Morgan fingerprint density at radius 3 is 2.68 bits per heavy atom. The molecule has 0 bridgehead atoms. The molecule has 0 spiro atoms. The number of urea groups is 1. The summed E-state index contributed by atoms with van der Waals surface area (Å²) in [6.07, 6.45) is 0.793. The second-order valence-electron chi connectivity index (χ2n) is 5.31. The smallest absolute Gasteiger partial charge is 0.321 e. The van der Waals surface area contributed by atoms with E-state index in [2.05, 4.69) is 25.8 Å². The summed E-state index contributed by atoms with van der Waals surface area (Å²) in [5, 5.41) is 12.3. The monoisotopic (exact) mass is 363 g/mol. The number of H-pyrrole nitrogens is 1. The van der Waals surface area contributed by atoms with Crippen molar-refractivity contribution in [3.63, 3.8) is 0 Å². The Bertz CT molecular complexity index is 717. The quantitative estimate of drug-likeness (QED) is 0.651. The Morgan fingerprint density at radius 1 is 1.32 bits per heavy atom. The molecule has 0 saturated heterocycles. The molecule has 1 aromatic carbocycles. The van der Waals surface area contributed by atoms with Crippen molar-refractivity contribution in [1.82, 2.24) is 25.8 Å². The summed E-state index contributed by atoms with van der Waals surface area (Å²) in [4.78, 5) is 27.7. The van der Waals surface area contributed by atoms with Gasteiger partial charge in [0.05, 0.1) is 12.9 Å². The fourth-order valence-corrected chi connectivity index (χ4v) is 2.44. The van der Waals surface area contributed by atoms with Gasteiger partial charge in [0.1, 0.15) is 5.75 Å². The van der Waals surface area contributed by atoms with Crippen molar-refractivity contribution in [2.45, 2.75) is 31.5 Å². The fraction of sp³-hybridized carbons (Fsp3) is 0.375. The molecule has 0 radical (unpaired) electrons. The zero-order valence-corrected chi connectivity index (χ0v) is 15.1. The number of hydrogen-bond donors (Lipinski definition) is 3. The van der Waals surface area contributed by atoms with E-state index >= 15 is 0 Å². The molecule has 0 aliphatic carbocycles. The van der Waals surface area contributed by atoms with E-state index in [1.54, 1.807) is 7.11 Å². The molecule has 0 aliphatic rings. The van der Waals surface area contributed by atoms with Gasteiger partial charge >= 0.3 is 6.03 Å². The largest absolute Gasteiger partial charge is 0.497 e. The number of methoxy groups -OCH3 is 1. The highest BCUT2D eigenvalue weighted by atomic mass is 32.2. The lowest BCUT2D eigenvalue weighted by atomic mass is 10.2. The van der Waals surface area contributed by atoms with Crippen LogP contribution in [0.15, 0.2) is 29.4 Å². The van der Waals surface area contributed by atoms with E-state index in [9.17, 15) is 9.59 Å². The van der Waals surface area contributed by atoms with Gasteiger partial charge in [-0.15, -0.1) is 5.10 Å². The minimum atomic E-state index is -0.492. The minimum Gasteiger partial charge on any atom is -0.497 e. The maximum atomic E-state index is 11.8. The van der Waals surface area contributed by atoms with E-state index in [4.69, 9.17) is 4.74 Å². The lowest BCUT2D eigenvalue weighted by molar-refractivity contribution is -0.117. The number of imide groups is 1. The van der Waals surface area contributed by atoms with Crippen LogP contribution in [0.2, 0.25) is 0 Å². The van der Waals surface area contributed by atoms with Gasteiger partial charge in [0.25, 0.3) is 0 Å². The number of nitrogens with one attached hydrogen (secondary N) is 3. The average Bonchev–Trinajstić information content (AvgIpc) is 3.08. The first-order valence-corrected chi connectivity index (χ1v) is 8.80. The molecule has 1 aromatic heterocycles. The van der Waals surface area contributed by atoms with Gasteiger partial charge in [-0.25, -0.2) is 9.78 Å². The van der Waals surface area contributed by atoms with Gasteiger partial charge < -0.3 is 10.1 Å². The van der Waals surface area contributed by atoms with Gasteiger partial charge in [0, 0.05) is 11.6 Å². The molecule has 8 nitrogen and oxygen atoms in total. The maximum absolute atomic E-state index is 11.8. The minimum absolute atomic E-state index is 0.0144. The van der Waals surface area contributed by atoms with Crippen molar-refractivity contribution in [3.8, 4) is 17.1 Å². The van der Waals surface area contributed by atoms with Crippen LogP contribution >= 0.6 is 11.8 Å². The summed E-state index contributed by atoms with van der Waals surface area (Å²) in [5.74, 6) is 1.00. The van der Waals surface area contributed by atoms with Crippen LogP contribution in [-0.2, 0) is 4.79 Å². The van der Waals surface area contributed by atoms with E-state index < -0.39 is 11.9 Å². The van der Waals surface area contributed by atoms with Crippen LogP contribution in [0.1, 0.15) is 20.3 Å². The summed E-state index contributed by atoms with van der Waals surface area (Å²) in [5.41, 5.74) is 0.859. The molecule has 2 aromatic rings. The van der Waals surface area contributed by atoms with Crippen LogP contribution in [0.25, 0.3) is 11.4 Å². The number of rotatable bonds is 7. The Morgan fingerprint density at radius 2 is 2.04 bits per heavy atom. The Kier molecular flexibility index (Phi) is 6.81. The maximum Gasteiger partial charge on any atom is 0.321 e. The molecule has 134 valence electrons. The zero-order chi connectivity index (χ0) is 18.2. The molecule has 9 heteroatoms. The molecule has 0 saturated carbocycles. The van der Waals surface area contributed by atoms with Gasteiger partial charge in [-0.05, 0) is 37.6 Å². The van der Waals surface area contributed by atoms with E-state index in [0.29, 0.717) is 11.0 Å². The Balaban J connectivity index is 1.84. The van der Waals surface area contributed by atoms with Crippen molar-refractivity contribution in [2.24, 2.45) is 0 Å². The predicted molar refractivity (Wildman–Crippen MR) is 95.5 cm³/mol. The number of amides is 3. The van der Waals surface area contributed by atoms with Crippen molar-refractivity contribution in [2.75, 3.05) is 12.9 Å². The van der Waals surface area contributed by atoms with Crippen molar-refractivity contribution in [3.05, 3.63) is 24.3 Å². The third-order valence-electron chi connectivity index (χ3n) is 3.40. The number of nitrogens with zero attached hydrogens (tertiary/aromatic N) is 2. The first-order chi connectivity index (χ1) is 12.0. The highest BCUT2D eigenvalue weighted by molar-refractivity contribution is 7.99. The number of aromatic nitrogens is 3. The average molecular weight is 363 g/mol. The van der Waals surface area contributed by atoms with Crippen LogP contribution < -0.4 is 15.4 Å². The third kappa shape index (κ3) is 5.79. The summed E-state index contributed by atoms with van der Waals surface area (Å²) in [7, 11) is 1.60. The van der Waals surface area contributed by atoms with Gasteiger partial charge in [-0.1, -0.05) is 18.7 Å². The second-order valence-corrected chi connectivity index (χ2v) is 6.26. The summed E-state index contributed by atoms with van der Waals surface area (Å²) in [6.45, 7) is 3.82. The zero-order valence-electron chi connectivity index (χ0n) is 14.3. The lowest BCUT2D eigenvalue weighted by Gasteiger charge is -2.11. The van der Waals surface area contributed by atoms with Gasteiger partial charge in [-0.2, -0.15) is 0 Å². The molecule has 2 rings (SSSR count). The predicted octanol–water partition coefficient (Wildman–Crippen LogP) is 2.20. The number of benzene rings is 1. The van der Waals surface area contributed by atoms with E-state index in [1.807, 2.05) is 38.1 Å². The molecule has 1 heterocycles. The normalized spacial score (nSPS) is 11.6. The van der Waals surface area contributed by atoms with Gasteiger partial charge in [-0.3, -0.25) is 15.2 Å². The number of hydrogen-bond acceptors (Lipinski definition) is 6. The van der Waals surface area contributed by atoms with Crippen molar-refractivity contribution >= 4 is 23.7 Å². The van der Waals surface area contributed by atoms with Crippen molar-refractivity contribution in [1.29, 1.82) is 0 Å². The van der Waals surface area contributed by atoms with Gasteiger partial charge in [0.15, 0.2) is 5.82 Å². The Labute approximate surface area is 150 Å². The van der Waals surface area contributed by atoms with Crippen LogP contribution in [0.3, 0.4) is 0 Å². The number of carbonyl (C=O) groups excluding carboxylic acids is 2. The van der Waals surface area contributed by atoms with Crippen LogP contribution in [0.5, 0.6) is 5.75 Å². The molecule has 0 aliphatic heterocycles. The molecule has 3 N–H and O–H groups in total. The molecule has 25 heavy (non-hydrogen) atoms. The van der Waals surface area contributed by atoms with E-state index in [1.165, 1.54) is 0 Å². The first-order valence-electron chi connectivity index (χ1n) is 7.81. The number of ether oxygens (including phenoxy) is 1. The number of carbonyl (C=O) groups is 2. The summed E-state index contributed by atoms with van der Waals surface area (Å²) in [6, 6.07) is 6.90. The molecular weight excluding hydrogens is 342 g/mol. The Hall–Kier alpha value is -2.55. The topological polar surface area (TPSA) is 109 Å². The second kappa shape index (κ2) is 9.07. The molecule has 0 fully saturated rings. The van der Waals surface area contributed by atoms with E-state index in [-0.39, 0.29) is 11.8 Å². The summed E-state index contributed by atoms with van der Waals surface area (Å²) >= 11 is 1.15. The SMILES string of the molecule is CC[C@H](C)NC(=O)NC(=O)CSc1n[nH]c(-c2ccc(OC)cc2)n1. The van der Waals surface area contributed by atoms with Crippen LogP contribution in [0.4, 0.5) is 4.79 Å².